The number of aliphatic hydroxyl groups excluding tert-OH is 1. The van der Waals surface area contributed by atoms with Gasteiger partial charge in [0.2, 0.25) is 0 Å². The van der Waals surface area contributed by atoms with Crippen molar-refractivity contribution in [1.82, 2.24) is 10.2 Å². The molecule has 0 aliphatic carbocycles. The summed E-state index contributed by atoms with van der Waals surface area (Å²) in [6, 6.07) is 7.85. The number of aryl methyl sites for hydroxylation is 1. The molecule has 6 heteroatoms. The van der Waals surface area contributed by atoms with Crippen molar-refractivity contribution in [1.29, 1.82) is 0 Å². The van der Waals surface area contributed by atoms with Crippen molar-refractivity contribution >= 4 is 6.03 Å². The van der Waals surface area contributed by atoms with Crippen LogP contribution in [0.15, 0.2) is 24.3 Å². The van der Waals surface area contributed by atoms with Crippen LogP contribution in [0.2, 0.25) is 0 Å². The molecular weight excluding hydrogens is 320 g/mol. The van der Waals surface area contributed by atoms with E-state index < -0.39 is 0 Å². The predicted octanol–water partition coefficient (Wildman–Crippen LogP) is 1.95. The Morgan fingerprint density at radius 1 is 1.44 bits per heavy atom. The van der Waals surface area contributed by atoms with E-state index in [4.69, 9.17) is 9.47 Å². The van der Waals surface area contributed by atoms with Crippen molar-refractivity contribution < 1.29 is 19.4 Å². The number of hydrogen-bond acceptors (Lipinski definition) is 4. The number of aliphatic hydroxyl groups is 1. The molecule has 2 N–H and O–H groups in total. The van der Waals surface area contributed by atoms with Crippen LogP contribution in [0.3, 0.4) is 0 Å². The van der Waals surface area contributed by atoms with Crippen LogP contribution < -0.4 is 10.1 Å². The molecule has 6 nitrogen and oxygen atoms in total. The van der Waals surface area contributed by atoms with Gasteiger partial charge >= 0.3 is 6.03 Å². The number of ether oxygens (including phenoxy) is 2. The van der Waals surface area contributed by atoms with Crippen LogP contribution in [0.1, 0.15) is 24.8 Å². The van der Waals surface area contributed by atoms with Gasteiger partial charge in [-0.25, -0.2) is 4.79 Å². The molecule has 2 saturated heterocycles. The van der Waals surface area contributed by atoms with E-state index in [-0.39, 0.29) is 24.1 Å². The summed E-state index contributed by atoms with van der Waals surface area (Å²) in [6.07, 6.45) is 2.18. The van der Waals surface area contributed by atoms with Crippen molar-refractivity contribution in [2.75, 3.05) is 32.9 Å². The SMILES string of the molecule is Cc1cccc(OCCNC(=O)N2CCC[C@@H]2[C@@H]2COCC[C@H]2O)c1. The second kappa shape index (κ2) is 8.54. The molecular formula is C19H28N2O4. The number of carbonyl (C=O) groups excluding carboxylic acids is 1. The van der Waals surface area contributed by atoms with Crippen LogP contribution in [0.5, 0.6) is 5.75 Å². The number of amides is 2. The summed E-state index contributed by atoms with van der Waals surface area (Å²) in [5.74, 6) is 0.835. The molecule has 0 bridgehead atoms. The quantitative estimate of drug-likeness (QED) is 0.798. The highest BCUT2D eigenvalue weighted by Crippen LogP contribution is 2.29. The minimum Gasteiger partial charge on any atom is -0.492 e. The van der Waals surface area contributed by atoms with Crippen molar-refractivity contribution in [2.45, 2.75) is 38.3 Å². The summed E-state index contributed by atoms with van der Waals surface area (Å²) in [7, 11) is 0. The number of likely N-dealkylation sites (tertiary alicyclic amines) is 1. The van der Waals surface area contributed by atoms with Gasteiger partial charge in [0.15, 0.2) is 0 Å². The lowest BCUT2D eigenvalue weighted by atomic mass is 9.89. The number of hydrogen-bond donors (Lipinski definition) is 2. The lowest BCUT2D eigenvalue weighted by Crippen LogP contribution is -2.51. The summed E-state index contributed by atoms with van der Waals surface area (Å²) in [5, 5.41) is 13.2. The summed E-state index contributed by atoms with van der Waals surface area (Å²) < 4.78 is 11.2. The van der Waals surface area contributed by atoms with E-state index in [1.54, 1.807) is 0 Å². The Morgan fingerprint density at radius 3 is 3.12 bits per heavy atom. The van der Waals surface area contributed by atoms with E-state index in [9.17, 15) is 9.90 Å². The molecule has 1 aromatic rings. The maximum atomic E-state index is 12.5. The molecule has 0 spiro atoms. The number of carbonyl (C=O) groups is 1. The first-order valence-corrected chi connectivity index (χ1v) is 9.15. The Bertz CT molecular complexity index is 580. The van der Waals surface area contributed by atoms with Gasteiger partial charge in [-0.1, -0.05) is 12.1 Å². The van der Waals surface area contributed by atoms with Gasteiger partial charge in [-0.05, 0) is 43.9 Å². The molecule has 2 heterocycles. The van der Waals surface area contributed by atoms with E-state index in [2.05, 4.69) is 5.32 Å². The van der Waals surface area contributed by atoms with E-state index in [1.165, 1.54) is 0 Å². The number of urea groups is 1. The molecule has 2 fully saturated rings. The van der Waals surface area contributed by atoms with Crippen LogP contribution in [0, 0.1) is 12.8 Å². The molecule has 0 saturated carbocycles. The highest BCUT2D eigenvalue weighted by atomic mass is 16.5. The Hall–Kier alpha value is -1.79. The first-order valence-electron chi connectivity index (χ1n) is 9.15. The minimum absolute atomic E-state index is 0.0190. The Balaban J connectivity index is 1.45. The molecule has 0 unspecified atom stereocenters. The molecule has 3 rings (SSSR count). The molecule has 0 radical (unpaired) electrons. The summed E-state index contributed by atoms with van der Waals surface area (Å²) in [4.78, 5) is 14.4. The molecule has 138 valence electrons. The zero-order valence-corrected chi connectivity index (χ0v) is 14.8. The highest BCUT2D eigenvalue weighted by molar-refractivity contribution is 5.74. The monoisotopic (exact) mass is 348 g/mol. The van der Waals surface area contributed by atoms with Crippen molar-refractivity contribution in [3.8, 4) is 5.75 Å². The lowest BCUT2D eigenvalue weighted by Gasteiger charge is -2.36. The third-order valence-electron chi connectivity index (χ3n) is 5.05. The molecule has 2 amide bonds. The van der Waals surface area contributed by atoms with Crippen molar-refractivity contribution in [3.05, 3.63) is 29.8 Å². The largest absolute Gasteiger partial charge is 0.492 e. The zero-order chi connectivity index (χ0) is 17.6. The number of benzene rings is 1. The Kier molecular flexibility index (Phi) is 6.15. The first kappa shape index (κ1) is 18.0. The molecule has 3 atom stereocenters. The Labute approximate surface area is 149 Å². The van der Waals surface area contributed by atoms with Gasteiger partial charge < -0.3 is 24.8 Å². The van der Waals surface area contributed by atoms with Gasteiger partial charge in [0, 0.05) is 25.1 Å². The zero-order valence-electron chi connectivity index (χ0n) is 14.8. The van der Waals surface area contributed by atoms with E-state index in [0.29, 0.717) is 32.8 Å². The highest BCUT2D eigenvalue weighted by Gasteiger charge is 2.39. The topological polar surface area (TPSA) is 71.0 Å². The predicted molar refractivity (Wildman–Crippen MR) is 94.7 cm³/mol. The van der Waals surface area contributed by atoms with Gasteiger partial charge in [-0.15, -0.1) is 0 Å². The standard InChI is InChI=1S/C19H28N2O4/c1-14-4-2-5-15(12-14)25-11-8-20-19(23)21-9-3-6-17(21)16-13-24-10-7-18(16)22/h2,4-5,12,16-18,22H,3,6-11,13H2,1H3,(H,20,23)/t16-,17+,18+/m0/s1. The number of rotatable bonds is 5. The maximum Gasteiger partial charge on any atom is 0.317 e. The number of nitrogens with one attached hydrogen (secondary N) is 1. The lowest BCUT2D eigenvalue weighted by molar-refractivity contribution is -0.0576. The second-order valence-corrected chi connectivity index (χ2v) is 6.89. The van der Waals surface area contributed by atoms with Gasteiger partial charge in [-0.2, -0.15) is 0 Å². The minimum atomic E-state index is -0.378. The van der Waals surface area contributed by atoms with Crippen LogP contribution >= 0.6 is 0 Å². The van der Waals surface area contributed by atoms with Crippen LogP contribution in [0.25, 0.3) is 0 Å². The maximum absolute atomic E-state index is 12.5. The van der Waals surface area contributed by atoms with Crippen molar-refractivity contribution in [2.24, 2.45) is 5.92 Å². The molecule has 2 aliphatic heterocycles. The van der Waals surface area contributed by atoms with Crippen LogP contribution in [-0.2, 0) is 4.74 Å². The smallest absolute Gasteiger partial charge is 0.317 e. The van der Waals surface area contributed by atoms with Crippen LogP contribution in [-0.4, -0.2) is 61.1 Å². The molecule has 25 heavy (non-hydrogen) atoms. The normalized spacial score (nSPS) is 26.5. The van der Waals surface area contributed by atoms with Crippen molar-refractivity contribution in [3.63, 3.8) is 0 Å². The molecule has 0 aromatic heterocycles. The average molecular weight is 348 g/mol. The molecule has 1 aromatic carbocycles. The Morgan fingerprint density at radius 2 is 2.32 bits per heavy atom. The third-order valence-corrected chi connectivity index (χ3v) is 5.05. The van der Waals surface area contributed by atoms with Gasteiger partial charge in [0.1, 0.15) is 12.4 Å². The van der Waals surface area contributed by atoms with Gasteiger partial charge in [-0.3, -0.25) is 0 Å². The van der Waals surface area contributed by atoms with E-state index >= 15 is 0 Å². The fourth-order valence-corrected chi connectivity index (χ4v) is 3.74. The average Bonchev–Trinajstić information content (AvgIpc) is 3.08. The second-order valence-electron chi connectivity index (χ2n) is 6.89. The summed E-state index contributed by atoms with van der Waals surface area (Å²) >= 11 is 0. The van der Waals surface area contributed by atoms with Crippen LogP contribution in [0.4, 0.5) is 4.79 Å². The molecule has 2 aliphatic rings. The number of nitrogens with zero attached hydrogens (tertiary/aromatic N) is 1. The summed E-state index contributed by atoms with van der Waals surface area (Å²) in [6.45, 7) is 4.78. The van der Waals surface area contributed by atoms with Gasteiger partial charge in [0.25, 0.3) is 0 Å². The summed E-state index contributed by atoms with van der Waals surface area (Å²) in [5.41, 5.74) is 1.15. The fourth-order valence-electron chi connectivity index (χ4n) is 3.74. The third kappa shape index (κ3) is 4.64. The first-order chi connectivity index (χ1) is 12.1. The fraction of sp³-hybridized carbons (Fsp3) is 0.632. The van der Waals surface area contributed by atoms with E-state index in [1.807, 2.05) is 36.1 Å². The van der Waals surface area contributed by atoms with E-state index in [0.717, 1.165) is 30.7 Å². The van der Waals surface area contributed by atoms with Gasteiger partial charge in [0.05, 0.1) is 19.3 Å².